The third kappa shape index (κ3) is 7.59. The zero-order valence-electron chi connectivity index (χ0n) is 23.5. The van der Waals surface area contributed by atoms with Gasteiger partial charge in [-0.15, -0.1) is 0 Å². The Balaban J connectivity index is 1.41. The number of ether oxygens (including phenoxy) is 7. The second kappa shape index (κ2) is 15.6. The molecule has 4 aliphatic rings. The van der Waals surface area contributed by atoms with E-state index in [4.69, 9.17) is 33.2 Å². The van der Waals surface area contributed by atoms with E-state index in [1.54, 1.807) is 0 Å². The molecule has 21 heteroatoms. The van der Waals surface area contributed by atoms with Crippen LogP contribution in [-0.4, -0.2) is 221 Å². The van der Waals surface area contributed by atoms with Crippen LogP contribution in [0, 0.1) is 0 Å². The Hall–Kier alpha value is -0.840. The highest BCUT2D eigenvalue weighted by molar-refractivity contribution is 4.96. The SMILES string of the molecule is OC[C@H]1O[C@H](OC[C@H]2O[C@@H](O[C@H]3[C@H](O)[C@H](O)[C@H](O[C@H]4[C@H](O)[C@H](O)C(O)O[C@@H]4CO)O[C@@H]3CO)[C@@H](O)[C@@H](O)[C@@H]2O)[C@H](O)[C@@H](O)[C@H]1O. The molecule has 14 N–H and O–H groups in total. The molecular formula is C24H42O21. The Morgan fingerprint density at radius 2 is 0.778 bits per heavy atom. The van der Waals surface area contributed by atoms with Crippen molar-refractivity contribution in [1.29, 1.82) is 0 Å². The Morgan fingerprint density at radius 3 is 1.31 bits per heavy atom. The Kier molecular flexibility index (Phi) is 12.8. The van der Waals surface area contributed by atoms with Crippen LogP contribution in [0.4, 0.5) is 0 Å². The Bertz CT molecular complexity index is 912. The van der Waals surface area contributed by atoms with Crippen molar-refractivity contribution in [2.24, 2.45) is 0 Å². The fourth-order valence-corrected chi connectivity index (χ4v) is 5.44. The zero-order valence-corrected chi connectivity index (χ0v) is 23.5. The first-order chi connectivity index (χ1) is 21.2. The van der Waals surface area contributed by atoms with Crippen LogP contribution in [-0.2, 0) is 33.2 Å². The first-order valence-corrected chi connectivity index (χ1v) is 14.1. The van der Waals surface area contributed by atoms with Gasteiger partial charge in [-0.2, -0.15) is 0 Å². The van der Waals surface area contributed by atoms with Crippen LogP contribution in [0.1, 0.15) is 0 Å². The van der Waals surface area contributed by atoms with E-state index in [1.807, 2.05) is 0 Å². The maximum absolute atomic E-state index is 10.9. The molecule has 0 bridgehead atoms. The van der Waals surface area contributed by atoms with Crippen LogP contribution < -0.4 is 0 Å². The van der Waals surface area contributed by atoms with Gasteiger partial charge in [0.05, 0.1) is 26.4 Å². The average Bonchev–Trinajstić information content (AvgIpc) is 3.03. The molecule has 4 aliphatic heterocycles. The summed E-state index contributed by atoms with van der Waals surface area (Å²) in [6.07, 6.45) is -35.0. The molecule has 45 heavy (non-hydrogen) atoms. The van der Waals surface area contributed by atoms with Crippen LogP contribution in [0.15, 0.2) is 0 Å². The number of rotatable bonds is 10. The lowest BCUT2D eigenvalue weighted by molar-refractivity contribution is -0.380. The summed E-state index contributed by atoms with van der Waals surface area (Å²) in [7, 11) is 0. The largest absolute Gasteiger partial charge is 0.394 e. The minimum atomic E-state index is -2.00. The first kappa shape index (κ1) is 37.0. The number of aliphatic hydroxyl groups excluding tert-OH is 14. The molecule has 21 nitrogen and oxygen atoms in total. The van der Waals surface area contributed by atoms with Gasteiger partial charge >= 0.3 is 0 Å². The van der Waals surface area contributed by atoms with E-state index in [-0.39, 0.29) is 0 Å². The molecule has 0 aromatic carbocycles. The van der Waals surface area contributed by atoms with E-state index in [0.29, 0.717) is 0 Å². The van der Waals surface area contributed by atoms with E-state index in [2.05, 4.69) is 0 Å². The lowest BCUT2D eigenvalue weighted by Gasteiger charge is -2.48. The standard InChI is InChI=1S/C24H42O21/c25-1-5-9(28)11(30)16(35)22(41-5)39-4-8-10(29)12(31)17(36)23(43-8)45-20-7(3-27)42-24(18(37)14(20)33)44-19-6(2-26)40-21(38)15(34)13(19)32/h5-38H,1-4H2/t5-,6-,7-,8-,9+,10-,11+,12+,13-,14-,15+,16-,17+,18+,19-,20-,21?,22+,23+,24+/m1/s1. The van der Waals surface area contributed by atoms with Gasteiger partial charge in [0.2, 0.25) is 0 Å². The smallest absolute Gasteiger partial charge is 0.187 e. The molecule has 20 atom stereocenters. The summed E-state index contributed by atoms with van der Waals surface area (Å²) in [5.74, 6) is 0. The van der Waals surface area contributed by atoms with E-state index < -0.39 is 149 Å². The third-order valence-corrected chi connectivity index (χ3v) is 8.18. The van der Waals surface area contributed by atoms with E-state index in [0.717, 1.165) is 0 Å². The van der Waals surface area contributed by atoms with Gasteiger partial charge in [-0.1, -0.05) is 0 Å². The fourth-order valence-electron chi connectivity index (χ4n) is 5.44. The van der Waals surface area contributed by atoms with Crippen molar-refractivity contribution in [3.8, 4) is 0 Å². The summed E-state index contributed by atoms with van der Waals surface area (Å²) < 4.78 is 37.5. The maximum Gasteiger partial charge on any atom is 0.187 e. The lowest BCUT2D eigenvalue weighted by Crippen LogP contribution is -2.66. The van der Waals surface area contributed by atoms with E-state index >= 15 is 0 Å². The molecule has 4 heterocycles. The van der Waals surface area contributed by atoms with E-state index in [1.165, 1.54) is 0 Å². The molecule has 0 aromatic heterocycles. The number of aliphatic hydroxyl groups is 14. The van der Waals surface area contributed by atoms with Gasteiger partial charge in [-0.25, -0.2) is 0 Å². The summed E-state index contributed by atoms with van der Waals surface area (Å²) in [6, 6.07) is 0. The van der Waals surface area contributed by atoms with Crippen molar-refractivity contribution >= 4 is 0 Å². The van der Waals surface area contributed by atoms with E-state index in [9.17, 15) is 71.5 Å². The summed E-state index contributed by atoms with van der Waals surface area (Å²) in [5, 5.41) is 142. The molecule has 4 rings (SSSR count). The summed E-state index contributed by atoms with van der Waals surface area (Å²) in [4.78, 5) is 0. The molecule has 1 unspecified atom stereocenters. The lowest BCUT2D eigenvalue weighted by atomic mass is 9.96. The summed E-state index contributed by atoms with van der Waals surface area (Å²) >= 11 is 0. The number of hydrogen-bond donors (Lipinski definition) is 14. The molecule has 4 saturated heterocycles. The minimum Gasteiger partial charge on any atom is -0.394 e. The average molecular weight is 667 g/mol. The van der Waals surface area contributed by atoms with Crippen LogP contribution in [0.25, 0.3) is 0 Å². The van der Waals surface area contributed by atoms with Gasteiger partial charge in [-0.05, 0) is 0 Å². The monoisotopic (exact) mass is 666 g/mol. The van der Waals surface area contributed by atoms with Crippen molar-refractivity contribution in [1.82, 2.24) is 0 Å². The highest BCUT2D eigenvalue weighted by atomic mass is 16.8. The summed E-state index contributed by atoms with van der Waals surface area (Å²) in [5.41, 5.74) is 0. The van der Waals surface area contributed by atoms with Crippen molar-refractivity contribution in [2.45, 2.75) is 123 Å². The van der Waals surface area contributed by atoms with Gasteiger partial charge in [0.15, 0.2) is 25.2 Å². The third-order valence-electron chi connectivity index (χ3n) is 8.18. The molecule has 0 saturated carbocycles. The topological polar surface area (TPSA) is 348 Å². The van der Waals surface area contributed by atoms with Gasteiger partial charge in [-0.3, -0.25) is 0 Å². The molecule has 0 aromatic rings. The van der Waals surface area contributed by atoms with Crippen molar-refractivity contribution in [2.75, 3.05) is 26.4 Å². The van der Waals surface area contributed by atoms with Crippen LogP contribution in [0.2, 0.25) is 0 Å². The second-order valence-electron chi connectivity index (χ2n) is 11.2. The van der Waals surface area contributed by atoms with Gasteiger partial charge in [0.1, 0.15) is 97.7 Å². The molecule has 4 fully saturated rings. The molecule has 0 aliphatic carbocycles. The zero-order chi connectivity index (χ0) is 33.3. The molecule has 0 amide bonds. The van der Waals surface area contributed by atoms with Gasteiger partial charge in [0, 0.05) is 0 Å². The Morgan fingerprint density at radius 1 is 0.378 bits per heavy atom. The van der Waals surface area contributed by atoms with Gasteiger partial charge < -0.3 is 105 Å². The van der Waals surface area contributed by atoms with Crippen LogP contribution in [0.3, 0.4) is 0 Å². The van der Waals surface area contributed by atoms with Crippen LogP contribution in [0.5, 0.6) is 0 Å². The highest BCUT2D eigenvalue weighted by Gasteiger charge is 2.53. The fraction of sp³-hybridized carbons (Fsp3) is 1.00. The molecule has 0 spiro atoms. The number of hydrogen-bond acceptors (Lipinski definition) is 21. The van der Waals surface area contributed by atoms with Crippen molar-refractivity contribution in [3.63, 3.8) is 0 Å². The van der Waals surface area contributed by atoms with Gasteiger partial charge in [0.25, 0.3) is 0 Å². The maximum atomic E-state index is 10.9. The normalized spacial score (nSPS) is 52.9. The molecule has 0 radical (unpaired) electrons. The second-order valence-corrected chi connectivity index (χ2v) is 11.2. The van der Waals surface area contributed by atoms with Crippen molar-refractivity contribution < 1.29 is 105 Å². The quantitative estimate of drug-likeness (QED) is 0.103. The Labute approximate surface area is 254 Å². The predicted molar refractivity (Wildman–Crippen MR) is 134 cm³/mol. The summed E-state index contributed by atoms with van der Waals surface area (Å²) in [6.45, 7) is -3.14. The molecular weight excluding hydrogens is 624 g/mol. The van der Waals surface area contributed by atoms with Crippen LogP contribution >= 0.6 is 0 Å². The molecule has 264 valence electrons. The first-order valence-electron chi connectivity index (χ1n) is 14.1. The highest BCUT2D eigenvalue weighted by Crippen LogP contribution is 2.32. The predicted octanol–water partition coefficient (Wildman–Crippen LogP) is -9.75. The van der Waals surface area contributed by atoms with Crippen molar-refractivity contribution in [3.05, 3.63) is 0 Å². The minimum absolute atomic E-state index is 0.683.